The van der Waals surface area contributed by atoms with E-state index in [1.807, 2.05) is 38.1 Å². The Labute approximate surface area is 233 Å². The van der Waals surface area contributed by atoms with E-state index in [9.17, 15) is 22.8 Å². The third-order valence-corrected chi connectivity index (χ3v) is 7.34. The maximum atomic E-state index is 13.6. The van der Waals surface area contributed by atoms with Crippen molar-refractivity contribution >= 4 is 55.6 Å². The van der Waals surface area contributed by atoms with Gasteiger partial charge in [-0.1, -0.05) is 67.9 Å². The Bertz CT molecular complexity index is 1630. The molecule has 0 fully saturated rings. The number of aromatic nitrogens is 1. The van der Waals surface area contributed by atoms with Gasteiger partial charge in [-0.05, 0) is 41.7 Å². The summed E-state index contributed by atoms with van der Waals surface area (Å²) in [5.41, 5.74) is 3.17. The van der Waals surface area contributed by atoms with E-state index in [2.05, 4.69) is 4.72 Å². The van der Waals surface area contributed by atoms with E-state index in [4.69, 9.17) is 11.6 Å². The Morgan fingerprint density at radius 3 is 2.49 bits per heavy atom. The SMILES string of the molecule is CC(C)CC(=O)CCc1ccccc1Cn1c(C(=O)NS(C)(=O)=O)c(C2=CC=CCC2=O)c2cc(Cl)ccc21. The number of hydrogen-bond acceptors (Lipinski definition) is 5. The van der Waals surface area contributed by atoms with Gasteiger partial charge in [-0.25, -0.2) is 13.1 Å². The summed E-state index contributed by atoms with van der Waals surface area (Å²) in [7, 11) is -3.90. The number of aryl methyl sites for hydroxylation is 1. The van der Waals surface area contributed by atoms with Crippen LogP contribution in [0.4, 0.5) is 0 Å². The third-order valence-electron chi connectivity index (χ3n) is 6.55. The summed E-state index contributed by atoms with van der Waals surface area (Å²) < 4.78 is 28.0. The normalized spacial score (nSPS) is 13.7. The Morgan fingerprint density at radius 2 is 1.82 bits per heavy atom. The van der Waals surface area contributed by atoms with Crippen LogP contribution in [0.1, 0.15) is 60.3 Å². The second-order valence-corrected chi connectivity index (χ2v) is 12.4. The fourth-order valence-corrected chi connectivity index (χ4v) is 5.54. The molecule has 1 heterocycles. The topological polar surface area (TPSA) is 102 Å². The number of carbonyl (C=O) groups excluding carboxylic acids is 3. The van der Waals surface area contributed by atoms with Crippen LogP contribution >= 0.6 is 11.6 Å². The number of carbonyl (C=O) groups is 3. The monoisotopic (exact) mass is 566 g/mol. The van der Waals surface area contributed by atoms with Crippen molar-refractivity contribution in [3.63, 3.8) is 0 Å². The van der Waals surface area contributed by atoms with E-state index in [-0.39, 0.29) is 36.1 Å². The lowest BCUT2D eigenvalue weighted by atomic mass is 9.93. The molecule has 0 bridgehead atoms. The second kappa shape index (κ2) is 11.7. The highest BCUT2D eigenvalue weighted by atomic mass is 35.5. The highest BCUT2D eigenvalue weighted by Gasteiger charge is 2.30. The van der Waals surface area contributed by atoms with Crippen molar-refractivity contribution in [1.29, 1.82) is 0 Å². The first-order chi connectivity index (χ1) is 18.4. The molecule has 1 N–H and O–H groups in total. The van der Waals surface area contributed by atoms with Crippen molar-refractivity contribution in [2.24, 2.45) is 5.92 Å². The van der Waals surface area contributed by atoms with Crippen molar-refractivity contribution in [2.45, 2.75) is 46.1 Å². The van der Waals surface area contributed by atoms with Crippen LogP contribution in [0.25, 0.3) is 16.5 Å². The summed E-state index contributed by atoms with van der Waals surface area (Å²) in [5, 5.41) is 0.986. The van der Waals surface area contributed by atoms with E-state index < -0.39 is 15.9 Å². The minimum absolute atomic E-state index is 0.0540. The first-order valence-electron chi connectivity index (χ1n) is 12.8. The van der Waals surface area contributed by atoms with Crippen molar-refractivity contribution in [1.82, 2.24) is 9.29 Å². The van der Waals surface area contributed by atoms with Gasteiger partial charge < -0.3 is 4.57 Å². The zero-order chi connectivity index (χ0) is 28.3. The summed E-state index contributed by atoms with van der Waals surface area (Å²) >= 11 is 6.35. The number of halogens is 1. The molecule has 0 aliphatic heterocycles. The smallest absolute Gasteiger partial charge is 0.282 e. The number of allylic oxidation sites excluding steroid dienone is 4. The predicted octanol–water partition coefficient (Wildman–Crippen LogP) is 5.49. The van der Waals surface area contributed by atoms with Gasteiger partial charge in [0.2, 0.25) is 10.0 Å². The highest BCUT2D eigenvalue weighted by molar-refractivity contribution is 7.89. The fourth-order valence-electron chi connectivity index (χ4n) is 4.94. The molecular weight excluding hydrogens is 536 g/mol. The maximum absolute atomic E-state index is 13.6. The van der Waals surface area contributed by atoms with Gasteiger partial charge in [0.15, 0.2) is 5.78 Å². The van der Waals surface area contributed by atoms with Crippen molar-refractivity contribution in [3.05, 3.63) is 88.1 Å². The van der Waals surface area contributed by atoms with Crippen LogP contribution in [0.5, 0.6) is 0 Å². The van der Waals surface area contributed by atoms with Crippen LogP contribution in [-0.2, 0) is 32.6 Å². The van der Waals surface area contributed by atoms with Gasteiger partial charge in [0.05, 0.1) is 6.26 Å². The average Bonchev–Trinajstić information content (AvgIpc) is 3.15. The van der Waals surface area contributed by atoms with Gasteiger partial charge in [0.25, 0.3) is 5.91 Å². The number of rotatable bonds is 10. The number of nitrogens with zero attached hydrogens (tertiary/aromatic N) is 1. The van der Waals surface area contributed by atoms with Gasteiger partial charge >= 0.3 is 0 Å². The van der Waals surface area contributed by atoms with Crippen molar-refractivity contribution in [2.75, 3.05) is 6.26 Å². The second-order valence-electron chi connectivity index (χ2n) is 10.2. The lowest BCUT2D eigenvalue weighted by Crippen LogP contribution is -2.32. The zero-order valence-corrected chi connectivity index (χ0v) is 23.7. The molecule has 1 amide bonds. The summed E-state index contributed by atoms with van der Waals surface area (Å²) in [6.45, 7) is 4.24. The molecule has 0 radical (unpaired) electrons. The lowest BCUT2D eigenvalue weighted by molar-refractivity contribution is -0.119. The molecule has 3 aromatic rings. The largest absolute Gasteiger partial charge is 0.331 e. The molecule has 0 saturated carbocycles. The number of fused-ring (bicyclic) bond motifs is 1. The molecular formula is C30H31ClN2O5S. The van der Waals surface area contributed by atoms with E-state index in [0.717, 1.165) is 17.4 Å². The van der Waals surface area contributed by atoms with E-state index >= 15 is 0 Å². The van der Waals surface area contributed by atoms with Gasteiger partial charge in [0.1, 0.15) is 11.5 Å². The standard InChI is InChI=1S/C30H31ClN2O5S/c1-19(2)16-23(34)14-12-20-8-4-5-9-21(20)18-33-26-15-13-22(31)17-25(26)28(24-10-6-7-11-27(24)35)29(33)30(36)32-39(3,37)38/h4-10,13,15,17,19H,11-12,14,16,18H2,1-3H3,(H,32,36). The molecule has 0 unspecified atom stereocenters. The molecule has 0 spiro atoms. The molecule has 39 heavy (non-hydrogen) atoms. The minimum atomic E-state index is -3.90. The Kier molecular flexibility index (Phi) is 8.57. The number of ketones is 2. The molecule has 204 valence electrons. The fraction of sp³-hybridized carbons (Fsp3) is 0.300. The number of Topliss-reactive ketones (excluding diaryl/α,β-unsaturated/α-hetero) is 2. The maximum Gasteiger partial charge on any atom is 0.282 e. The average molecular weight is 567 g/mol. The Morgan fingerprint density at radius 1 is 1.10 bits per heavy atom. The van der Waals surface area contributed by atoms with Crippen LogP contribution in [0.3, 0.4) is 0 Å². The molecule has 1 aromatic heterocycles. The molecule has 0 atom stereocenters. The van der Waals surface area contributed by atoms with Crippen LogP contribution in [-0.4, -0.2) is 36.7 Å². The summed E-state index contributed by atoms with van der Waals surface area (Å²) in [4.78, 5) is 39.0. The molecule has 1 aliphatic carbocycles. The van der Waals surface area contributed by atoms with Crippen molar-refractivity contribution < 1.29 is 22.8 Å². The molecule has 1 aliphatic rings. The van der Waals surface area contributed by atoms with Gasteiger partial charge in [0, 0.05) is 52.9 Å². The van der Waals surface area contributed by atoms with Crippen LogP contribution in [0.2, 0.25) is 5.02 Å². The number of amides is 1. The van der Waals surface area contributed by atoms with Gasteiger partial charge in [-0.15, -0.1) is 0 Å². The van der Waals surface area contributed by atoms with Crippen LogP contribution in [0.15, 0.2) is 60.7 Å². The highest BCUT2D eigenvalue weighted by Crippen LogP contribution is 2.36. The molecule has 7 nitrogen and oxygen atoms in total. The van der Waals surface area contributed by atoms with E-state index in [1.165, 1.54) is 0 Å². The van der Waals surface area contributed by atoms with E-state index in [1.54, 1.807) is 41.0 Å². The first kappa shape index (κ1) is 28.5. The van der Waals surface area contributed by atoms with Gasteiger partial charge in [-0.2, -0.15) is 0 Å². The van der Waals surface area contributed by atoms with Crippen molar-refractivity contribution in [3.8, 4) is 0 Å². The first-order valence-corrected chi connectivity index (χ1v) is 15.0. The zero-order valence-electron chi connectivity index (χ0n) is 22.2. The number of nitrogens with one attached hydrogen (secondary N) is 1. The van der Waals surface area contributed by atoms with Crippen LogP contribution in [0, 0.1) is 5.92 Å². The quantitative estimate of drug-likeness (QED) is 0.349. The molecule has 9 heteroatoms. The lowest BCUT2D eigenvalue weighted by Gasteiger charge is -2.16. The third kappa shape index (κ3) is 6.75. The Hall–Kier alpha value is -3.49. The van der Waals surface area contributed by atoms with E-state index in [0.29, 0.717) is 46.3 Å². The summed E-state index contributed by atoms with van der Waals surface area (Å²) in [5.74, 6) is -0.555. The van der Waals surface area contributed by atoms with Gasteiger partial charge in [-0.3, -0.25) is 14.4 Å². The number of benzene rings is 2. The molecule has 0 saturated heterocycles. The predicted molar refractivity (Wildman–Crippen MR) is 154 cm³/mol. The summed E-state index contributed by atoms with van der Waals surface area (Å²) in [6, 6.07) is 12.8. The van der Waals surface area contributed by atoms with Crippen LogP contribution < -0.4 is 4.72 Å². The summed E-state index contributed by atoms with van der Waals surface area (Å²) in [6.07, 6.45) is 7.64. The number of hydrogen-bond donors (Lipinski definition) is 1. The minimum Gasteiger partial charge on any atom is -0.331 e. The Balaban J connectivity index is 1.89. The molecule has 4 rings (SSSR count). The molecule has 2 aromatic carbocycles. The number of sulfonamides is 1.